The van der Waals surface area contributed by atoms with E-state index in [1.54, 1.807) is 0 Å². The Hall–Kier alpha value is -1.17. The van der Waals surface area contributed by atoms with Crippen LogP contribution in [0.2, 0.25) is 0 Å². The van der Waals surface area contributed by atoms with Gasteiger partial charge in [0.1, 0.15) is 5.82 Å². The van der Waals surface area contributed by atoms with E-state index in [4.69, 9.17) is 5.11 Å². The zero-order chi connectivity index (χ0) is 13.7. The second-order valence-corrected chi connectivity index (χ2v) is 4.98. The molecular formula is C14H24N4O. The Kier molecular flexibility index (Phi) is 5.13. The van der Waals surface area contributed by atoms with Crippen molar-refractivity contribution in [3.63, 3.8) is 0 Å². The van der Waals surface area contributed by atoms with Crippen LogP contribution in [-0.2, 0) is 0 Å². The molecule has 0 amide bonds. The third kappa shape index (κ3) is 3.43. The van der Waals surface area contributed by atoms with E-state index in [1.165, 1.54) is 5.56 Å². The first-order valence-corrected chi connectivity index (χ1v) is 6.96. The molecule has 5 nitrogen and oxygen atoms in total. The third-order valence-corrected chi connectivity index (χ3v) is 3.80. The van der Waals surface area contributed by atoms with Crippen LogP contribution in [0.1, 0.15) is 18.5 Å². The fraction of sp³-hybridized carbons (Fsp3) is 0.643. The lowest BCUT2D eigenvalue weighted by Crippen LogP contribution is -2.47. The lowest BCUT2D eigenvalue weighted by atomic mass is 10.1. The molecule has 1 fully saturated rings. The highest BCUT2D eigenvalue weighted by molar-refractivity contribution is 5.48. The van der Waals surface area contributed by atoms with Crippen molar-refractivity contribution >= 4 is 5.82 Å². The van der Waals surface area contributed by atoms with Crippen LogP contribution < -0.4 is 10.2 Å². The highest BCUT2D eigenvalue weighted by atomic mass is 16.3. The molecule has 1 unspecified atom stereocenters. The van der Waals surface area contributed by atoms with Crippen LogP contribution in [0.4, 0.5) is 5.82 Å². The van der Waals surface area contributed by atoms with E-state index in [1.807, 2.05) is 19.3 Å². The van der Waals surface area contributed by atoms with Crippen LogP contribution >= 0.6 is 0 Å². The Morgan fingerprint density at radius 1 is 1.37 bits per heavy atom. The molecule has 1 aliphatic rings. The number of β-amino-alcohol motifs (C(OH)–C–C–N with tert-alkyl or cyclic N) is 1. The minimum Gasteiger partial charge on any atom is -0.395 e. The Morgan fingerprint density at radius 3 is 2.74 bits per heavy atom. The molecule has 1 aromatic rings. The van der Waals surface area contributed by atoms with Gasteiger partial charge >= 0.3 is 0 Å². The first-order chi connectivity index (χ1) is 9.26. The molecule has 0 spiro atoms. The van der Waals surface area contributed by atoms with Gasteiger partial charge in [-0.2, -0.15) is 0 Å². The maximum Gasteiger partial charge on any atom is 0.133 e. The number of aromatic nitrogens is 1. The zero-order valence-electron chi connectivity index (χ0n) is 11.8. The number of hydrogen-bond acceptors (Lipinski definition) is 5. The summed E-state index contributed by atoms with van der Waals surface area (Å²) < 4.78 is 0. The van der Waals surface area contributed by atoms with E-state index in [0.717, 1.165) is 38.5 Å². The smallest absolute Gasteiger partial charge is 0.133 e. The average Bonchev–Trinajstić information content (AvgIpc) is 2.47. The molecule has 0 saturated carbocycles. The molecule has 0 radical (unpaired) electrons. The number of rotatable bonds is 5. The molecule has 0 aromatic carbocycles. The quantitative estimate of drug-likeness (QED) is 0.810. The van der Waals surface area contributed by atoms with Gasteiger partial charge in [0.15, 0.2) is 0 Å². The molecule has 1 aliphatic heterocycles. The molecule has 1 atom stereocenters. The van der Waals surface area contributed by atoms with Crippen molar-refractivity contribution in [2.24, 2.45) is 0 Å². The fourth-order valence-electron chi connectivity index (χ4n) is 2.49. The van der Waals surface area contributed by atoms with Crippen LogP contribution in [-0.4, -0.2) is 61.4 Å². The summed E-state index contributed by atoms with van der Waals surface area (Å²) in [5.74, 6) is 1.09. The summed E-state index contributed by atoms with van der Waals surface area (Å²) in [6, 6.07) is 4.44. The van der Waals surface area contributed by atoms with Crippen molar-refractivity contribution in [3.8, 4) is 0 Å². The molecule has 19 heavy (non-hydrogen) atoms. The lowest BCUT2D eigenvalue weighted by Gasteiger charge is -2.36. The minimum absolute atomic E-state index is 0.242. The Labute approximate surface area is 115 Å². The van der Waals surface area contributed by atoms with E-state index < -0.39 is 0 Å². The second-order valence-electron chi connectivity index (χ2n) is 4.98. The summed E-state index contributed by atoms with van der Waals surface area (Å²) in [5, 5.41) is 12.3. The topological polar surface area (TPSA) is 51.6 Å². The van der Waals surface area contributed by atoms with Crippen molar-refractivity contribution in [3.05, 3.63) is 23.9 Å². The molecule has 106 valence electrons. The van der Waals surface area contributed by atoms with Crippen LogP contribution in [0.25, 0.3) is 0 Å². The monoisotopic (exact) mass is 264 g/mol. The number of piperazine rings is 1. The van der Waals surface area contributed by atoms with Gasteiger partial charge < -0.3 is 15.3 Å². The number of nitrogens with zero attached hydrogens (tertiary/aromatic N) is 3. The van der Waals surface area contributed by atoms with Gasteiger partial charge in [0.25, 0.3) is 0 Å². The summed E-state index contributed by atoms with van der Waals surface area (Å²) in [6.07, 6.45) is 1.86. The van der Waals surface area contributed by atoms with Crippen LogP contribution in [0.15, 0.2) is 18.3 Å². The molecule has 0 bridgehead atoms. The summed E-state index contributed by atoms with van der Waals surface area (Å²) in [6.45, 7) is 7.10. The van der Waals surface area contributed by atoms with Gasteiger partial charge in [-0.25, -0.2) is 4.98 Å². The Balaban J connectivity index is 2.07. The average molecular weight is 264 g/mol. The van der Waals surface area contributed by atoms with Crippen molar-refractivity contribution in [2.75, 3.05) is 51.3 Å². The molecule has 2 rings (SSSR count). The molecule has 1 aromatic heterocycles. The van der Waals surface area contributed by atoms with Gasteiger partial charge in [-0.15, -0.1) is 0 Å². The van der Waals surface area contributed by atoms with Gasteiger partial charge in [0.05, 0.1) is 6.61 Å². The van der Waals surface area contributed by atoms with Gasteiger partial charge in [0.2, 0.25) is 0 Å². The van der Waals surface area contributed by atoms with Crippen LogP contribution in [0, 0.1) is 0 Å². The maximum atomic E-state index is 8.97. The highest BCUT2D eigenvalue weighted by Crippen LogP contribution is 2.24. The van der Waals surface area contributed by atoms with E-state index in [9.17, 15) is 0 Å². The molecule has 1 saturated heterocycles. The van der Waals surface area contributed by atoms with Crippen LogP contribution in [0.5, 0.6) is 0 Å². The number of aliphatic hydroxyl groups excluding tert-OH is 1. The standard InChI is InChI=1S/C14H24N4O/c1-12(15-2)13-4-3-5-16-14(13)18-8-6-17(7-9-18)10-11-19/h3-5,12,15,19H,6-11H2,1-2H3. The van der Waals surface area contributed by atoms with E-state index >= 15 is 0 Å². The maximum absolute atomic E-state index is 8.97. The molecule has 5 heteroatoms. The minimum atomic E-state index is 0.242. The summed E-state index contributed by atoms with van der Waals surface area (Å²) in [4.78, 5) is 9.20. The van der Waals surface area contributed by atoms with Gasteiger partial charge in [-0.05, 0) is 20.0 Å². The van der Waals surface area contributed by atoms with Crippen molar-refractivity contribution in [1.82, 2.24) is 15.2 Å². The zero-order valence-corrected chi connectivity index (χ0v) is 11.8. The van der Waals surface area contributed by atoms with Crippen molar-refractivity contribution < 1.29 is 5.11 Å². The number of hydrogen-bond donors (Lipinski definition) is 2. The summed E-state index contributed by atoms with van der Waals surface area (Å²) in [5.41, 5.74) is 1.25. The number of anilines is 1. The number of nitrogens with one attached hydrogen (secondary N) is 1. The highest BCUT2D eigenvalue weighted by Gasteiger charge is 2.21. The summed E-state index contributed by atoms with van der Waals surface area (Å²) in [7, 11) is 1.97. The predicted molar refractivity (Wildman–Crippen MR) is 77.5 cm³/mol. The van der Waals surface area contributed by atoms with Gasteiger partial charge in [0, 0.05) is 50.5 Å². The normalized spacial score (nSPS) is 18.6. The van der Waals surface area contributed by atoms with E-state index in [2.05, 4.69) is 33.1 Å². The predicted octanol–water partition coefficient (Wildman–Crippen LogP) is 0.476. The fourth-order valence-corrected chi connectivity index (χ4v) is 2.49. The lowest BCUT2D eigenvalue weighted by molar-refractivity contribution is 0.188. The summed E-state index contributed by atoms with van der Waals surface area (Å²) >= 11 is 0. The molecule has 0 aliphatic carbocycles. The van der Waals surface area contributed by atoms with Gasteiger partial charge in [-0.3, -0.25) is 4.90 Å². The third-order valence-electron chi connectivity index (χ3n) is 3.80. The van der Waals surface area contributed by atoms with E-state index in [0.29, 0.717) is 6.04 Å². The van der Waals surface area contributed by atoms with Gasteiger partial charge in [-0.1, -0.05) is 6.07 Å². The molecule has 2 N–H and O–H groups in total. The molecule has 2 heterocycles. The molecular weight excluding hydrogens is 240 g/mol. The number of pyridine rings is 1. The van der Waals surface area contributed by atoms with Crippen molar-refractivity contribution in [1.29, 1.82) is 0 Å². The largest absolute Gasteiger partial charge is 0.395 e. The first-order valence-electron chi connectivity index (χ1n) is 6.96. The van der Waals surface area contributed by atoms with Crippen molar-refractivity contribution in [2.45, 2.75) is 13.0 Å². The number of aliphatic hydroxyl groups is 1. The van der Waals surface area contributed by atoms with E-state index in [-0.39, 0.29) is 6.61 Å². The Bertz CT molecular complexity index is 391. The Morgan fingerprint density at radius 2 is 2.11 bits per heavy atom. The first kappa shape index (κ1) is 14.2. The second kappa shape index (κ2) is 6.84. The van der Waals surface area contributed by atoms with Crippen LogP contribution in [0.3, 0.4) is 0 Å². The SMILES string of the molecule is CNC(C)c1cccnc1N1CCN(CCO)CC1.